The van der Waals surface area contributed by atoms with Crippen molar-refractivity contribution in [3.05, 3.63) is 21.7 Å². The van der Waals surface area contributed by atoms with Crippen molar-refractivity contribution >= 4 is 35.0 Å². The highest BCUT2D eigenvalue weighted by Gasteiger charge is 2.62. The van der Waals surface area contributed by atoms with E-state index in [1.165, 1.54) is 0 Å². The minimum atomic E-state index is -0.386. The van der Waals surface area contributed by atoms with E-state index in [0.717, 1.165) is 24.0 Å². The molecule has 3 atom stereocenters. The fourth-order valence-electron chi connectivity index (χ4n) is 3.66. The Morgan fingerprint density at radius 3 is 2.50 bits per heavy atom. The van der Waals surface area contributed by atoms with Crippen molar-refractivity contribution < 1.29 is 14.3 Å². The van der Waals surface area contributed by atoms with Crippen molar-refractivity contribution in [2.45, 2.75) is 46.1 Å². The first-order valence-electron chi connectivity index (χ1n) is 7.70. The van der Waals surface area contributed by atoms with E-state index in [1.807, 2.05) is 20.8 Å². The van der Waals surface area contributed by atoms with Crippen molar-refractivity contribution in [3.8, 4) is 0 Å². The number of allylic oxidation sites excluding steroid dienone is 2. The summed E-state index contributed by atoms with van der Waals surface area (Å²) in [7, 11) is 0. The summed E-state index contributed by atoms with van der Waals surface area (Å²) in [5.74, 6) is 0.0459. The third-order valence-electron chi connectivity index (χ3n) is 5.29. The summed E-state index contributed by atoms with van der Waals surface area (Å²) >= 11 is 11.4. The minimum Gasteiger partial charge on any atom is -0.457 e. The number of Topliss-reactive ketones (excluding diaryl/α,β-unsaturated/α-hetero) is 1. The monoisotopic (exact) mass is 342 g/mol. The Bertz CT molecular complexity index is 595. The number of halogens is 2. The molecule has 2 saturated carbocycles. The zero-order valence-electron chi connectivity index (χ0n) is 13.0. The van der Waals surface area contributed by atoms with E-state index in [4.69, 9.17) is 27.9 Å². The number of ketones is 1. The maximum absolute atomic E-state index is 12.4. The van der Waals surface area contributed by atoms with Gasteiger partial charge in [0, 0.05) is 5.57 Å². The molecule has 120 valence electrons. The summed E-state index contributed by atoms with van der Waals surface area (Å²) in [6.45, 7) is 5.91. The van der Waals surface area contributed by atoms with E-state index in [-0.39, 0.29) is 39.6 Å². The first-order chi connectivity index (χ1) is 10.2. The zero-order valence-corrected chi connectivity index (χ0v) is 14.5. The van der Waals surface area contributed by atoms with Crippen LogP contribution < -0.4 is 0 Å². The second kappa shape index (κ2) is 5.38. The van der Waals surface area contributed by atoms with Gasteiger partial charge in [-0.25, -0.2) is 0 Å². The van der Waals surface area contributed by atoms with E-state index in [1.54, 1.807) is 6.08 Å². The average molecular weight is 343 g/mol. The van der Waals surface area contributed by atoms with Gasteiger partial charge in [-0.1, -0.05) is 37.0 Å². The van der Waals surface area contributed by atoms with Crippen molar-refractivity contribution in [3.63, 3.8) is 0 Å². The van der Waals surface area contributed by atoms with Gasteiger partial charge in [0.15, 0.2) is 5.78 Å². The molecule has 0 aromatic carbocycles. The summed E-state index contributed by atoms with van der Waals surface area (Å²) in [5.41, 5.74) is 1.65. The SMILES string of the molecule is CC1=C(C2CC2)C(=O)CC1OC(=O)C1C(C=C(Cl)Cl)C1(C)C. The van der Waals surface area contributed by atoms with Crippen LogP contribution >= 0.6 is 23.2 Å². The molecule has 0 aromatic heterocycles. The predicted molar refractivity (Wildman–Crippen MR) is 85.5 cm³/mol. The first kappa shape index (κ1) is 16.1. The molecule has 0 amide bonds. The van der Waals surface area contributed by atoms with Crippen molar-refractivity contribution in [2.24, 2.45) is 23.2 Å². The molecule has 5 heteroatoms. The van der Waals surface area contributed by atoms with Crippen LogP contribution in [0.5, 0.6) is 0 Å². The fraction of sp³-hybridized carbons (Fsp3) is 0.647. The Morgan fingerprint density at radius 2 is 1.95 bits per heavy atom. The van der Waals surface area contributed by atoms with Gasteiger partial charge < -0.3 is 4.74 Å². The number of hydrogen-bond donors (Lipinski definition) is 0. The molecule has 0 aromatic rings. The van der Waals surface area contributed by atoms with Crippen molar-refractivity contribution in [1.29, 1.82) is 0 Å². The third-order valence-corrected chi connectivity index (χ3v) is 5.55. The molecule has 0 bridgehead atoms. The Hall–Kier alpha value is -0.800. The second-order valence-corrected chi connectivity index (χ2v) is 8.21. The van der Waals surface area contributed by atoms with Crippen LogP contribution in [0.3, 0.4) is 0 Å². The molecule has 3 unspecified atom stereocenters. The standard InChI is InChI=1S/C17H20Cl2O3/c1-8-12(7-11(20)14(8)9-4-5-9)22-16(21)15-10(6-13(18)19)17(15,2)3/h6,9-10,12,15H,4-5,7H2,1-3H3. The van der Waals surface area contributed by atoms with Crippen LogP contribution in [-0.2, 0) is 14.3 Å². The topological polar surface area (TPSA) is 43.4 Å². The van der Waals surface area contributed by atoms with E-state index in [9.17, 15) is 9.59 Å². The van der Waals surface area contributed by atoms with Crippen LogP contribution in [0.2, 0.25) is 0 Å². The summed E-state index contributed by atoms with van der Waals surface area (Å²) < 4.78 is 5.82. The maximum atomic E-state index is 12.4. The molecule has 0 spiro atoms. The van der Waals surface area contributed by atoms with Gasteiger partial charge in [-0.15, -0.1) is 0 Å². The van der Waals surface area contributed by atoms with E-state index < -0.39 is 0 Å². The molecule has 3 aliphatic carbocycles. The van der Waals surface area contributed by atoms with Crippen molar-refractivity contribution in [2.75, 3.05) is 0 Å². The number of carbonyl (C=O) groups excluding carboxylic acids is 2. The Morgan fingerprint density at radius 1 is 1.32 bits per heavy atom. The highest BCUT2D eigenvalue weighted by atomic mass is 35.5. The van der Waals surface area contributed by atoms with Crippen LogP contribution in [-0.4, -0.2) is 17.9 Å². The molecule has 3 nitrogen and oxygen atoms in total. The molecule has 0 aliphatic heterocycles. The lowest BCUT2D eigenvalue weighted by atomic mass is 10.1. The summed E-state index contributed by atoms with van der Waals surface area (Å²) in [5, 5.41) is 0. The van der Waals surface area contributed by atoms with Gasteiger partial charge >= 0.3 is 5.97 Å². The first-order valence-corrected chi connectivity index (χ1v) is 8.46. The molecule has 0 heterocycles. The van der Waals surface area contributed by atoms with Gasteiger partial charge in [-0.3, -0.25) is 9.59 Å². The molecule has 3 rings (SSSR count). The van der Waals surface area contributed by atoms with Crippen molar-refractivity contribution in [1.82, 2.24) is 0 Å². The number of esters is 1. The Kier molecular flexibility index (Phi) is 3.93. The summed E-state index contributed by atoms with van der Waals surface area (Å²) in [6.07, 6.45) is 3.77. The average Bonchev–Trinajstić information content (AvgIpc) is 3.26. The molecule has 0 radical (unpaired) electrons. The van der Waals surface area contributed by atoms with Crippen LogP contribution in [0.1, 0.15) is 40.0 Å². The van der Waals surface area contributed by atoms with Gasteiger partial charge in [-0.05, 0) is 48.7 Å². The quantitative estimate of drug-likeness (QED) is 0.719. The molecule has 0 N–H and O–H groups in total. The minimum absolute atomic E-state index is 0.00528. The van der Waals surface area contributed by atoms with E-state index in [0.29, 0.717) is 12.3 Å². The fourth-order valence-corrected chi connectivity index (χ4v) is 3.94. The van der Waals surface area contributed by atoms with Gasteiger partial charge in [-0.2, -0.15) is 0 Å². The summed E-state index contributed by atoms with van der Waals surface area (Å²) in [6, 6.07) is 0. The predicted octanol–water partition coefficient (Wildman–Crippen LogP) is 4.19. The smallest absolute Gasteiger partial charge is 0.310 e. The second-order valence-electron chi connectivity index (χ2n) is 7.20. The lowest BCUT2D eigenvalue weighted by molar-refractivity contribution is -0.150. The summed E-state index contributed by atoms with van der Waals surface area (Å²) in [4.78, 5) is 24.5. The van der Waals surface area contributed by atoms with Gasteiger partial charge in [0.25, 0.3) is 0 Å². The lowest BCUT2D eigenvalue weighted by Gasteiger charge is -2.13. The third kappa shape index (κ3) is 2.74. The zero-order chi connectivity index (χ0) is 16.2. The Balaban J connectivity index is 1.69. The largest absolute Gasteiger partial charge is 0.457 e. The lowest BCUT2D eigenvalue weighted by Crippen LogP contribution is -2.20. The van der Waals surface area contributed by atoms with E-state index in [2.05, 4.69) is 0 Å². The van der Waals surface area contributed by atoms with E-state index >= 15 is 0 Å². The van der Waals surface area contributed by atoms with Crippen LogP contribution in [0.4, 0.5) is 0 Å². The maximum Gasteiger partial charge on any atom is 0.310 e. The normalized spacial score (nSPS) is 33.0. The number of ether oxygens (including phenoxy) is 1. The number of rotatable bonds is 4. The molecule has 2 fully saturated rings. The van der Waals surface area contributed by atoms with Gasteiger partial charge in [0.1, 0.15) is 10.6 Å². The molecular weight excluding hydrogens is 323 g/mol. The number of hydrogen-bond acceptors (Lipinski definition) is 3. The highest BCUT2D eigenvalue weighted by molar-refractivity contribution is 6.55. The molecule has 22 heavy (non-hydrogen) atoms. The van der Waals surface area contributed by atoms with Gasteiger partial charge in [0.05, 0.1) is 12.3 Å². The van der Waals surface area contributed by atoms with Crippen LogP contribution in [0, 0.1) is 23.2 Å². The van der Waals surface area contributed by atoms with Crippen LogP contribution in [0.25, 0.3) is 0 Å². The molecule has 0 saturated heterocycles. The highest BCUT2D eigenvalue weighted by Crippen LogP contribution is 2.60. The Labute approximate surface area is 140 Å². The number of carbonyl (C=O) groups is 2. The molecular formula is C17H20Cl2O3. The molecule has 3 aliphatic rings. The van der Waals surface area contributed by atoms with Crippen LogP contribution in [0.15, 0.2) is 21.7 Å². The van der Waals surface area contributed by atoms with Gasteiger partial charge in [0.2, 0.25) is 0 Å².